The van der Waals surface area contributed by atoms with E-state index in [-0.39, 0.29) is 17.6 Å². The minimum atomic E-state index is -0.648. The highest BCUT2D eigenvalue weighted by Gasteiger charge is 2.30. The van der Waals surface area contributed by atoms with E-state index in [1.165, 1.54) is 6.20 Å². The average molecular weight is 365 g/mol. The quantitative estimate of drug-likeness (QED) is 0.858. The summed E-state index contributed by atoms with van der Waals surface area (Å²) in [4.78, 5) is 18.4. The lowest BCUT2D eigenvalue weighted by Crippen LogP contribution is -2.53. The number of pyridine rings is 1. The Balaban J connectivity index is 1.56. The maximum atomic E-state index is 12.2. The molecule has 1 saturated heterocycles. The number of amides is 1. The van der Waals surface area contributed by atoms with E-state index in [2.05, 4.69) is 20.4 Å². The number of halogens is 1. The van der Waals surface area contributed by atoms with Crippen molar-refractivity contribution in [1.82, 2.24) is 20.4 Å². The first kappa shape index (κ1) is 17.8. The Labute approximate surface area is 151 Å². The second-order valence-electron chi connectivity index (χ2n) is 6.34. The van der Waals surface area contributed by atoms with Crippen LogP contribution in [0.2, 0.25) is 5.02 Å². The number of aliphatic hydroxyl groups is 1. The summed E-state index contributed by atoms with van der Waals surface area (Å²) in [6.07, 6.45) is 1.44. The third kappa shape index (κ3) is 4.18. The van der Waals surface area contributed by atoms with Gasteiger partial charge in [0.2, 0.25) is 0 Å². The summed E-state index contributed by atoms with van der Waals surface area (Å²) in [6, 6.07) is 2.88. The topological polar surface area (TPSA) is 91.5 Å². The van der Waals surface area contributed by atoms with Gasteiger partial charge in [-0.1, -0.05) is 16.8 Å². The smallest absolute Gasteiger partial charge is 0.270 e. The molecule has 2 aromatic heterocycles. The molecule has 3 heterocycles. The van der Waals surface area contributed by atoms with Crippen molar-refractivity contribution in [1.29, 1.82) is 0 Å². The van der Waals surface area contributed by atoms with Gasteiger partial charge >= 0.3 is 0 Å². The van der Waals surface area contributed by atoms with Gasteiger partial charge in [0, 0.05) is 31.4 Å². The first-order valence-electron chi connectivity index (χ1n) is 8.18. The number of aromatic nitrogens is 2. The number of hydrogen-bond donors (Lipinski definition) is 2. The van der Waals surface area contributed by atoms with E-state index in [0.717, 1.165) is 23.6 Å². The molecule has 0 spiro atoms. The zero-order valence-corrected chi connectivity index (χ0v) is 15.0. The molecule has 134 valence electrons. The van der Waals surface area contributed by atoms with Crippen LogP contribution in [0.15, 0.2) is 22.9 Å². The summed E-state index contributed by atoms with van der Waals surface area (Å²) in [7, 11) is 0. The molecule has 1 aliphatic rings. The molecule has 2 N–H and O–H groups in total. The van der Waals surface area contributed by atoms with Gasteiger partial charge in [0.25, 0.3) is 5.91 Å². The molecule has 1 amide bonds. The van der Waals surface area contributed by atoms with E-state index in [1.807, 2.05) is 13.8 Å². The van der Waals surface area contributed by atoms with Crippen LogP contribution in [-0.2, 0) is 6.54 Å². The number of aryl methyl sites for hydroxylation is 2. The van der Waals surface area contributed by atoms with Crippen molar-refractivity contribution in [2.75, 3.05) is 13.1 Å². The Bertz CT molecular complexity index is 727. The van der Waals surface area contributed by atoms with Crippen LogP contribution in [0.3, 0.4) is 0 Å². The summed E-state index contributed by atoms with van der Waals surface area (Å²) < 4.78 is 5.18. The summed E-state index contributed by atoms with van der Waals surface area (Å²) in [5, 5.41) is 17.7. The van der Waals surface area contributed by atoms with Gasteiger partial charge in [0.1, 0.15) is 11.5 Å². The zero-order valence-electron chi connectivity index (χ0n) is 14.2. The highest BCUT2D eigenvalue weighted by atomic mass is 35.5. The van der Waals surface area contributed by atoms with E-state index < -0.39 is 6.10 Å². The van der Waals surface area contributed by atoms with E-state index in [9.17, 15) is 9.90 Å². The van der Waals surface area contributed by atoms with Gasteiger partial charge in [0.15, 0.2) is 0 Å². The molecular formula is C17H21ClN4O3. The van der Waals surface area contributed by atoms with Crippen LogP contribution in [0.1, 0.15) is 33.9 Å². The van der Waals surface area contributed by atoms with Crippen LogP contribution < -0.4 is 5.32 Å². The molecule has 2 aromatic rings. The Morgan fingerprint density at radius 2 is 2.28 bits per heavy atom. The number of piperidine rings is 1. The number of carbonyl (C=O) groups excluding carboxylic acids is 1. The monoisotopic (exact) mass is 364 g/mol. The Morgan fingerprint density at radius 1 is 1.48 bits per heavy atom. The SMILES string of the molecule is Cc1noc(C)c1CN1CC[C@@H](NC(=O)c2ccc(Cl)cn2)[C@H](O)C1. The molecule has 7 nitrogen and oxygen atoms in total. The molecule has 0 aromatic carbocycles. The second kappa shape index (κ2) is 7.51. The number of carbonyl (C=O) groups is 1. The molecule has 0 bridgehead atoms. The molecule has 0 aliphatic carbocycles. The van der Waals surface area contributed by atoms with Gasteiger partial charge in [-0.2, -0.15) is 0 Å². The molecule has 8 heteroatoms. The first-order chi connectivity index (χ1) is 11.9. The number of aliphatic hydroxyl groups excluding tert-OH is 1. The Kier molecular flexibility index (Phi) is 5.36. The number of β-amino-alcohol motifs (C(OH)–C–C–N with tert-alkyl or cyclic N) is 1. The molecule has 2 atom stereocenters. The lowest BCUT2D eigenvalue weighted by molar-refractivity contribution is 0.0346. The van der Waals surface area contributed by atoms with Gasteiger partial charge in [-0.05, 0) is 32.4 Å². The van der Waals surface area contributed by atoms with Crippen LogP contribution in [0.5, 0.6) is 0 Å². The molecule has 0 saturated carbocycles. The van der Waals surface area contributed by atoms with Crippen LogP contribution in [0.4, 0.5) is 0 Å². The Hall–Kier alpha value is -1.96. The first-order valence-corrected chi connectivity index (χ1v) is 8.56. The van der Waals surface area contributed by atoms with Crippen molar-refractivity contribution in [3.05, 3.63) is 46.1 Å². The van der Waals surface area contributed by atoms with Crippen LogP contribution >= 0.6 is 11.6 Å². The average Bonchev–Trinajstić information content (AvgIpc) is 2.90. The molecule has 25 heavy (non-hydrogen) atoms. The number of rotatable bonds is 4. The Morgan fingerprint density at radius 3 is 2.88 bits per heavy atom. The zero-order chi connectivity index (χ0) is 18.0. The predicted molar refractivity (Wildman–Crippen MR) is 92.4 cm³/mol. The van der Waals surface area contributed by atoms with Gasteiger partial charge in [0.05, 0.1) is 22.9 Å². The van der Waals surface area contributed by atoms with E-state index in [4.69, 9.17) is 16.1 Å². The summed E-state index contributed by atoms with van der Waals surface area (Å²) in [6.45, 7) is 5.72. The highest BCUT2D eigenvalue weighted by molar-refractivity contribution is 6.30. The molecular weight excluding hydrogens is 344 g/mol. The van der Waals surface area contributed by atoms with Crippen molar-refractivity contribution >= 4 is 17.5 Å². The molecule has 0 radical (unpaired) electrons. The largest absolute Gasteiger partial charge is 0.390 e. The standard InChI is InChI=1S/C17H21ClN4O3/c1-10-13(11(2)25-21-10)8-22-6-5-14(16(23)9-22)20-17(24)15-4-3-12(18)7-19-15/h3-4,7,14,16,23H,5-6,8-9H2,1-2H3,(H,20,24)/t14-,16-/m1/s1. The number of likely N-dealkylation sites (tertiary alicyclic amines) is 1. The summed E-state index contributed by atoms with van der Waals surface area (Å²) >= 11 is 5.78. The maximum absolute atomic E-state index is 12.2. The molecule has 0 unspecified atom stereocenters. The van der Waals surface area contributed by atoms with Gasteiger partial charge < -0.3 is 14.9 Å². The minimum absolute atomic E-state index is 0.287. The third-order valence-corrected chi connectivity index (χ3v) is 4.73. The summed E-state index contributed by atoms with van der Waals surface area (Å²) in [5.74, 6) is 0.496. The van der Waals surface area contributed by atoms with E-state index in [0.29, 0.717) is 24.5 Å². The lowest BCUT2D eigenvalue weighted by atomic mass is 10.0. The fraction of sp³-hybridized carbons (Fsp3) is 0.471. The van der Waals surface area contributed by atoms with Gasteiger partial charge in [-0.25, -0.2) is 4.98 Å². The van der Waals surface area contributed by atoms with E-state index in [1.54, 1.807) is 12.1 Å². The predicted octanol–water partition coefficient (Wildman–Crippen LogP) is 1.71. The fourth-order valence-electron chi connectivity index (χ4n) is 3.01. The van der Waals surface area contributed by atoms with Crippen LogP contribution in [-0.4, -0.2) is 51.3 Å². The normalized spacial score (nSPS) is 21.3. The van der Waals surface area contributed by atoms with E-state index >= 15 is 0 Å². The van der Waals surface area contributed by atoms with Crippen molar-refractivity contribution in [2.24, 2.45) is 0 Å². The van der Waals surface area contributed by atoms with Crippen LogP contribution in [0, 0.1) is 13.8 Å². The van der Waals surface area contributed by atoms with Crippen molar-refractivity contribution in [2.45, 2.75) is 39.0 Å². The second-order valence-corrected chi connectivity index (χ2v) is 6.77. The maximum Gasteiger partial charge on any atom is 0.270 e. The number of hydrogen-bond acceptors (Lipinski definition) is 6. The fourth-order valence-corrected chi connectivity index (χ4v) is 3.12. The lowest BCUT2D eigenvalue weighted by Gasteiger charge is -2.36. The van der Waals surface area contributed by atoms with Crippen molar-refractivity contribution < 1.29 is 14.4 Å². The highest BCUT2D eigenvalue weighted by Crippen LogP contribution is 2.19. The van der Waals surface area contributed by atoms with Gasteiger partial charge in [-0.15, -0.1) is 0 Å². The van der Waals surface area contributed by atoms with Crippen molar-refractivity contribution in [3.63, 3.8) is 0 Å². The third-order valence-electron chi connectivity index (χ3n) is 4.51. The van der Waals surface area contributed by atoms with Crippen molar-refractivity contribution in [3.8, 4) is 0 Å². The minimum Gasteiger partial charge on any atom is -0.390 e. The van der Waals surface area contributed by atoms with Crippen LogP contribution in [0.25, 0.3) is 0 Å². The summed E-state index contributed by atoms with van der Waals surface area (Å²) in [5.41, 5.74) is 2.21. The molecule has 1 aliphatic heterocycles. The molecule has 3 rings (SSSR count). The number of nitrogens with zero attached hydrogens (tertiary/aromatic N) is 3. The number of nitrogens with one attached hydrogen (secondary N) is 1. The van der Waals surface area contributed by atoms with Gasteiger partial charge in [-0.3, -0.25) is 9.69 Å². The molecule has 1 fully saturated rings.